The Labute approximate surface area is 137 Å². The number of carbonyl (C=O) groups is 1. The predicted octanol–water partition coefficient (Wildman–Crippen LogP) is 5.19. The van der Waals surface area contributed by atoms with Crippen LogP contribution in [-0.2, 0) is 0 Å². The summed E-state index contributed by atoms with van der Waals surface area (Å²) in [5.41, 5.74) is 2.36. The number of carbonyl (C=O) groups excluding carboxylic acids is 1. The van der Waals surface area contributed by atoms with Crippen LogP contribution in [0.15, 0.2) is 34.9 Å². The minimum absolute atomic E-state index is 0.104. The monoisotopic (exact) mass is 366 g/mol. The van der Waals surface area contributed by atoms with E-state index in [9.17, 15) is 4.79 Å². The quantitative estimate of drug-likeness (QED) is 0.796. The molecule has 0 radical (unpaired) electrons. The van der Waals surface area contributed by atoms with Crippen molar-refractivity contribution in [3.8, 4) is 0 Å². The van der Waals surface area contributed by atoms with Gasteiger partial charge in [0.1, 0.15) is 5.69 Å². The standard InChI is InChI=1S/C16H16BrClN2O/c1-10-8-12(17)14(9-13(10)18)19-16(21)15-6-3-7-20(15)11-4-2-5-11/h3,6-9,11H,2,4-5H2,1H3,(H,19,21). The van der Waals surface area contributed by atoms with Crippen LogP contribution in [-0.4, -0.2) is 10.5 Å². The highest BCUT2D eigenvalue weighted by Crippen LogP contribution is 2.33. The Bertz CT molecular complexity index is 692. The second-order valence-electron chi connectivity index (χ2n) is 5.42. The van der Waals surface area contributed by atoms with Crippen molar-refractivity contribution in [3.05, 3.63) is 51.2 Å². The summed E-state index contributed by atoms with van der Waals surface area (Å²) in [4.78, 5) is 12.5. The fourth-order valence-electron chi connectivity index (χ4n) is 2.50. The van der Waals surface area contributed by atoms with E-state index in [0.29, 0.717) is 22.4 Å². The molecule has 0 aliphatic heterocycles. The second kappa shape index (κ2) is 5.85. The van der Waals surface area contributed by atoms with Crippen LogP contribution in [0.4, 0.5) is 5.69 Å². The summed E-state index contributed by atoms with van der Waals surface area (Å²) in [6.45, 7) is 1.93. The molecule has 1 aromatic carbocycles. The number of aromatic nitrogens is 1. The number of nitrogens with one attached hydrogen (secondary N) is 1. The topological polar surface area (TPSA) is 34.0 Å². The number of rotatable bonds is 3. The first kappa shape index (κ1) is 14.7. The summed E-state index contributed by atoms with van der Waals surface area (Å²) in [6, 6.07) is 7.92. The lowest BCUT2D eigenvalue weighted by atomic mass is 9.93. The van der Waals surface area contributed by atoms with Crippen LogP contribution in [0.3, 0.4) is 0 Å². The van der Waals surface area contributed by atoms with Gasteiger partial charge in [0.2, 0.25) is 0 Å². The average Bonchev–Trinajstić information content (AvgIpc) is 2.83. The van der Waals surface area contributed by atoms with E-state index in [2.05, 4.69) is 25.8 Å². The molecule has 21 heavy (non-hydrogen) atoms. The highest BCUT2D eigenvalue weighted by molar-refractivity contribution is 9.10. The average molecular weight is 368 g/mol. The molecule has 1 aliphatic rings. The molecule has 1 saturated carbocycles. The first-order valence-corrected chi connectivity index (χ1v) is 8.17. The number of amides is 1. The lowest BCUT2D eigenvalue weighted by Gasteiger charge is -2.28. The Hall–Kier alpha value is -1.26. The van der Waals surface area contributed by atoms with E-state index < -0.39 is 0 Å². The molecule has 1 N–H and O–H groups in total. The smallest absolute Gasteiger partial charge is 0.272 e. The van der Waals surface area contributed by atoms with E-state index in [0.717, 1.165) is 22.9 Å². The summed E-state index contributed by atoms with van der Waals surface area (Å²) in [5.74, 6) is -0.104. The molecule has 1 heterocycles. The first-order valence-electron chi connectivity index (χ1n) is 7.00. The molecule has 1 aromatic heterocycles. The summed E-state index contributed by atoms with van der Waals surface area (Å²) in [6.07, 6.45) is 5.52. The molecule has 1 amide bonds. The molecule has 0 bridgehead atoms. The van der Waals surface area contributed by atoms with Crippen LogP contribution in [0.25, 0.3) is 0 Å². The first-order chi connectivity index (χ1) is 10.1. The zero-order chi connectivity index (χ0) is 15.0. The zero-order valence-corrected chi connectivity index (χ0v) is 14.0. The van der Waals surface area contributed by atoms with Gasteiger partial charge < -0.3 is 9.88 Å². The van der Waals surface area contributed by atoms with Crippen LogP contribution in [0, 0.1) is 6.92 Å². The lowest BCUT2D eigenvalue weighted by molar-refractivity contribution is 0.101. The Kier molecular flexibility index (Phi) is 4.09. The normalized spacial score (nSPS) is 14.8. The van der Waals surface area contributed by atoms with Crippen molar-refractivity contribution < 1.29 is 4.79 Å². The van der Waals surface area contributed by atoms with Crippen molar-refractivity contribution >= 4 is 39.1 Å². The molecule has 0 unspecified atom stereocenters. The van der Waals surface area contributed by atoms with Crippen LogP contribution in [0.1, 0.15) is 41.4 Å². The van der Waals surface area contributed by atoms with Crippen LogP contribution in [0.5, 0.6) is 0 Å². The number of nitrogens with zero attached hydrogens (tertiary/aromatic N) is 1. The summed E-state index contributed by atoms with van der Waals surface area (Å²) < 4.78 is 2.90. The molecule has 5 heteroatoms. The van der Waals surface area contributed by atoms with Crippen LogP contribution < -0.4 is 5.32 Å². The maximum Gasteiger partial charge on any atom is 0.272 e. The highest BCUT2D eigenvalue weighted by atomic mass is 79.9. The van der Waals surface area contributed by atoms with Crippen molar-refractivity contribution in [2.75, 3.05) is 5.32 Å². The maximum atomic E-state index is 12.5. The fourth-order valence-corrected chi connectivity index (χ4v) is 3.22. The molecule has 2 aromatic rings. The SMILES string of the molecule is Cc1cc(Br)c(NC(=O)c2cccn2C2CCC2)cc1Cl. The molecule has 0 atom stereocenters. The van der Waals surface area contributed by atoms with Crippen molar-refractivity contribution in [1.29, 1.82) is 0 Å². The van der Waals surface area contributed by atoms with Crippen molar-refractivity contribution in [2.24, 2.45) is 0 Å². The number of hydrogen-bond acceptors (Lipinski definition) is 1. The number of anilines is 1. The van der Waals surface area contributed by atoms with Gasteiger partial charge in [0.15, 0.2) is 0 Å². The minimum atomic E-state index is -0.104. The molecule has 1 aliphatic carbocycles. The van der Waals surface area contributed by atoms with Gasteiger partial charge in [0, 0.05) is 21.7 Å². The van der Waals surface area contributed by atoms with Gasteiger partial charge in [-0.25, -0.2) is 0 Å². The van der Waals surface area contributed by atoms with Crippen LogP contribution >= 0.6 is 27.5 Å². The molecule has 0 spiro atoms. The molecular weight excluding hydrogens is 352 g/mol. The Balaban J connectivity index is 1.84. The highest BCUT2D eigenvalue weighted by Gasteiger charge is 2.23. The van der Waals surface area contributed by atoms with Gasteiger partial charge in [0.05, 0.1) is 5.69 Å². The Morgan fingerprint density at radius 3 is 2.86 bits per heavy atom. The van der Waals surface area contributed by atoms with Crippen LogP contribution in [0.2, 0.25) is 5.02 Å². The fraction of sp³-hybridized carbons (Fsp3) is 0.312. The van der Waals surface area contributed by atoms with Gasteiger partial charge in [-0.2, -0.15) is 0 Å². The zero-order valence-electron chi connectivity index (χ0n) is 11.7. The molecule has 110 valence electrons. The predicted molar refractivity (Wildman–Crippen MR) is 89.2 cm³/mol. The maximum absolute atomic E-state index is 12.5. The summed E-state index contributed by atoms with van der Waals surface area (Å²) in [5, 5.41) is 3.57. The van der Waals surface area contributed by atoms with E-state index in [-0.39, 0.29) is 5.91 Å². The van der Waals surface area contributed by atoms with Gasteiger partial charge >= 0.3 is 0 Å². The van der Waals surface area contributed by atoms with E-state index in [1.165, 1.54) is 6.42 Å². The van der Waals surface area contributed by atoms with Crippen molar-refractivity contribution in [2.45, 2.75) is 32.2 Å². The molecule has 3 rings (SSSR count). The number of benzene rings is 1. The minimum Gasteiger partial charge on any atom is -0.340 e. The van der Waals surface area contributed by atoms with Crippen molar-refractivity contribution in [3.63, 3.8) is 0 Å². The molecule has 1 fully saturated rings. The summed E-state index contributed by atoms with van der Waals surface area (Å²) in [7, 11) is 0. The molecule has 0 saturated heterocycles. The van der Waals surface area contributed by atoms with E-state index in [1.807, 2.05) is 31.3 Å². The van der Waals surface area contributed by atoms with Gasteiger partial charge in [-0.1, -0.05) is 11.6 Å². The number of hydrogen-bond donors (Lipinski definition) is 1. The van der Waals surface area contributed by atoms with E-state index >= 15 is 0 Å². The molecule has 3 nitrogen and oxygen atoms in total. The Morgan fingerprint density at radius 2 is 2.19 bits per heavy atom. The number of aryl methyl sites for hydroxylation is 1. The van der Waals surface area contributed by atoms with Gasteiger partial charge in [-0.15, -0.1) is 0 Å². The lowest BCUT2D eigenvalue weighted by Crippen LogP contribution is -2.23. The van der Waals surface area contributed by atoms with Gasteiger partial charge in [-0.05, 0) is 71.9 Å². The third-order valence-electron chi connectivity index (χ3n) is 3.98. The molecular formula is C16H16BrClN2O. The van der Waals surface area contributed by atoms with E-state index in [1.54, 1.807) is 6.07 Å². The van der Waals surface area contributed by atoms with E-state index in [4.69, 9.17) is 11.6 Å². The van der Waals surface area contributed by atoms with Gasteiger partial charge in [0.25, 0.3) is 5.91 Å². The summed E-state index contributed by atoms with van der Waals surface area (Å²) >= 11 is 9.60. The third kappa shape index (κ3) is 2.87. The largest absolute Gasteiger partial charge is 0.340 e. The second-order valence-corrected chi connectivity index (χ2v) is 6.68. The Morgan fingerprint density at radius 1 is 1.43 bits per heavy atom. The van der Waals surface area contributed by atoms with Gasteiger partial charge in [-0.3, -0.25) is 4.79 Å². The number of halogens is 2. The third-order valence-corrected chi connectivity index (χ3v) is 5.04. The van der Waals surface area contributed by atoms with Crippen molar-refractivity contribution in [1.82, 2.24) is 4.57 Å².